The van der Waals surface area contributed by atoms with Crippen LogP contribution in [0.3, 0.4) is 0 Å². The third-order valence-corrected chi connectivity index (χ3v) is 4.53. The van der Waals surface area contributed by atoms with Crippen molar-refractivity contribution in [3.8, 4) is 11.5 Å². The second kappa shape index (κ2) is 7.14. The van der Waals surface area contributed by atoms with E-state index in [-0.39, 0.29) is 6.04 Å². The molecule has 0 bridgehead atoms. The Hall–Kier alpha value is -1.00. The molecule has 0 aliphatic heterocycles. The lowest BCUT2D eigenvalue weighted by molar-refractivity contribution is 0.383. The first kappa shape index (κ1) is 15.4. The summed E-state index contributed by atoms with van der Waals surface area (Å²) in [7, 11) is 3.31. The van der Waals surface area contributed by atoms with Crippen LogP contribution in [0, 0.1) is 0 Å². The fourth-order valence-corrected chi connectivity index (χ4v) is 3.38. The number of methoxy groups -OCH3 is 2. The molecule has 20 heavy (non-hydrogen) atoms. The van der Waals surface area contributed by atoms with Crippen LogP contribution >= 0.6 is 15.9 Å². The molecule has 0 amide bonds. The van der Waals surface area contributed by atoms with Gasteiger partial charge < -0.3 is 15.2 Å². The zero-order valence-electron chi connectivity index (χ0n) is 12.1. The van der Waals surface area contributed by atoms with Crippen LogP contribution in [0.4, 0.5) is 0 Å². The summed E-state index contributed by atoms with van der Waals surface area (Å²) in [5.41, 5.74) is 8.87. The average molecular weight is 340 g/mol. The number of ether oxygens (including phenoxy) is 2. The van der Waals surface area contributed by atoms with Gasteiger partial charge in [0.15, 0.2) is 0 Å². The molecule has 2 N–H and O–H groups in total. The third-order valence-electron chi connectivity index (χ3n) is 3.78. The molecule has 1 aromatic carbocycles. The minimum Gasteiger partial charge on any atom is -0.495 e. The van der Waals surface area contributed by atoms with Crippen LogP contribution in [0.2, 0.25) is 0 Å². The Bertz CT molecular complexity index is 499. The quantitative estimate of drug-likeness (QED) is 0.810. The van der Waals surface area contributed by atoms with E-state index in [9.17, 15) is 0 Å². The number of nitrogens with two attached hydrogens (primary N) is 1. The van der Waals surface area contributed by atoms with Gasteiger partial charge in [0, 0.05) is 11.6 Å². The molecule has 0 radical (unpaired) electrons. The van der Waals surface area contributed by atoms with Gasteiger partial charge in [0.1, 0.15) is 16.0 Å². The third kappa shape index (κ3) is 3.36. The van der Waals surface area contributed by atoms with E-state index in [1.165, 1.54) is 31.3 Å². The van der Waals surface area contributed by atoms with E-state index in [1.54, 1.807) is 14.2 Å². The van der Waals surface area contributed by atoms with Crippen molar-refractivity contribution in [2.75, 3.05) is 14.2 Å². The van der Waals surface area contributed by atoms with E-state index in [4.69, 9.17) is 15.2 Å². The number of halogens is 1. The van der Waals surface area contributed by atoms with Crippen LogP contribution < -0.4 is 15.2 Å². The zero-order valence-corrected chi connectivity index (χ0v) is 13.7. The standard InChI is InChI=1S/C16H22BrNO2/c1-19-14-9-8-12(16(20-2)15(14)17)13(18)10-11-6-4-3-5-7-11/h6,8-9,13H,3-5,7,10,18H2,1-2H3. The van der Waals surface area contributed by atoms with Crippen LogP contribution in [-0.4, -0.2) is 14.2 Å². The maximum absolute atomic E-state index is 6.38. The monoisotopic (exact) mass is 339 g/mol. The highest BCUT2D eigenvalue weighted by atomic mass is 79.9. The molecule has 0 saturated carbocycles. The SMILES string of the molecule is COc1ccc(C(N)CC2=CCCCC2)c(OC)c1Br. The molecular formula is C16H22BrNO2. The number of hydrogen-bond acceptors (Lipinski definition) is 3. The van der Waals surface area contributed by atoms with Crippen LogP contribution in [0.15, 0.2) is 28.3 Å². The van der Waals surface area contributed by atoms with Crippen molar-refractivity contribution in [3.63, 3.8) is 0 Å². The second-order valence-corrected chi connectivity index (χ2v) is 5.92. The Labute approximate surface area is 129 Å². The summed E-state index contributed by atoms with van der Waals surface area (Å²) in [5.74, 6) is 1.53. The van der Waals surface area contributed by atoms with Crippen molar-refractivity contribution in [3.05, 3.63) is 33.8 Å². The number of hydrogen-bond donors (Lipinski definition) is 1. The Morgan fingerprint density at radius 1 is 1.25 bits per heavy atom. The molecule has 2 rings (SSSR count). The predicted octanol–water partition coefficient (Wildman–Crippen LogP) is 4.36. The summed E-state index contributed by atoms with van der Waals surface area (Å²) in [4.78, 5) is 0. The lowest BCUT2D eigenvalue weighted by Crippen LogP contribution is -2.13. The number of allylic oxidation sites excluding steroid dienone is 1. The normalized spacial score (nSPS) is 16.5. The smallest absolute Gasteiger partial charge is 0.141 e. The molecule has 0 aromatic heterocycles. The van der Waals surface area contributed by atoms with Crippen LogP contribution in [0.25, 0.3) is 0 Å². The van der Waals surface area contributed by atoms with Crippen LogP contribution in [0.1, 0.15) is 43.7 Å². The molecule has 3 nitrogen and oxygen atoms in total. The summed E-state index contributed by atoms with van der Waals surface area (Å²) in [6, 6.07) is 3.88. The fourth-order valence-electron chi connectivity index (χ4n) is 2.69. The van der Waals surface area contributed by atoms with Crippen molar-refractivity contribution in [2.24, 2.45) is 5.73 Å². The van der Waals surface area contributed by atoms with Gasteiger partial charge in [-0.3, -0.25) is 0 Å². The van der Waals surface area contributed by atoms with Gasteiger partial charge in [0.05, 0.1) is 14.2 Å². The Morgan fingerprint density at radius 2 is 2.05 bits per heavy atom. The van der Waals surface area contributed by atoms with Gasteiger partial charge in [-0.25, -0.2) is 0 Å². The topological polar surface area (TPSA) is 44.5 Å². The summed E-state index contributed by atoms with van der Waals surface area (Å²) in [6.45, 7) is 0. The van der Waals surface area contributed by atoms with Gasteiger partial charge >= 0.3 is 0 Å². The van der Waals surface area contributed by atoms with E-state index in [0.717, 1.165) is 28.0 Å². The van der Waals surface area contributed by atoms with Gasteiger partial charge in [-0.15, -0.1) is 0 Å². The molecule has 1 aromatic rings. The molecule has 1 atom stereocenters. The molecule has 0 spiro atoms. The minimum absolute atomic E-state index is 0.0449. The predicted molar refractivity (Wildman–Crippen MR) is 85.3 cm³/mol. The molecule has 0 fully saturated rings. The van der Waals surface area contributed by atoms with Crippen molar-refractivity contribution in [1.82, 2.24) is 0 Å². The zero-order chi connectivity index (χ0) is 14.5. The maximum atomic E-state index is 6.38. The van der Waals surface area contributed by atoms with Crippen molar-refractivity contribution >= 4 is 15.9 Å². The molecular weight excluding hydrogens is 318 g/mol. The molecule has 0 heterocycles. The summed E-state index contributed by atoms with van der Waals surface area (Å²) < 4.78 is 11.6. The first-order valence-corrected chi connectivity index (χ1v) is 7.80. The van der Waals surface area contributed by atoms with Crippen molar-refractivity contribution in [1.29, 1.82) is 0 Å². The van der Waals surface area contributed by atoms with E-state index >= 15 is 0 Å². The summed E-state index contributed by atoms with van der Waals surface area (Å²) >= 11 is 3.53. The molecule has 1 aliphatic carbocycles. The highest BCUT2D eigenvalue weighted by molar-refractivity contribution is 9.10. The lowest BCUT2D eigenvalue weighted by atomic mass is 9.91. The molecule has 1 unspecified atom stereocenters. The summed E-state index contributed by atoms with van der Waals surface area (Å²) in [5, 5.41) is 0. The van der Waals surface area contributed by atoms with E-state index in [1.807, 2.05) is 12.1 Å². The maximum Gasteiger partial charge on any atom is 0.141 e. The molecule has 0 saturated heterocycles. The summed E-state index contributed by atoms with van der Waals surface area (Å²) in [6.07, 6.45) is 8.18. The highest BCUT2D eigenvalue weighted by Gasteiger charge is 2.19. The van der Waals surface area contributed by atoms with Crippen molar-refractivity contribution < 1.29 is 9.47 Å². The Morgan fingerprint density at radius 3 is 2.65 bits per heavy atom. The minimum atomic E-state index is -0.0449. The van der Waals surface area contributed by atoms with Crippen molar-refractivity contribution in [2.45, 2.75) is 38.1 Å². The molecule has 4 heteroatoms. The molecule has 1 aliphatic rings. The first-order valence-electron chi connectivity index (χ1n) is 7.01. The average Bonchev–Trinajstić information content (AvgIpc) is 2.47. The second-order valence-electron chi connectivity index (χ2n) is 5.12. The van der Waals surface area contributed by atoms with Gasteiger partial charge in [0.25, 0.3) is 0 Å². The van der Waals surface area contributed by atoms with E-state index in [0.29, 0.717) is 0 Å². The largest absolute Gasteiger partial charge is 0.495 e. The fraction of sp³-hybridized carbons (Fsp3) is 0.500. The van der Waals surface area contributed by atoms with Crippen LogP contribution in [-0.2, 0) is 0 Å². The Kier molecular flexibility index (Phi) is 5.49. The van der Waals surface area contributed by atoms with Gasteiger partial charge in [-0.2, -0.15) is 0 Å². The number of rotatable bonds is 5. The molecule has 110 valence electrons. The van der Waals surface area contributed by atoms with Crippen LogP contribution in [0.5, 0.6) is 11.5 Å². The van der Waals surface area contributed by atoms with E-state index < -0.39 is 0 Å². The Balaban J connectivity index is 2.22. The van der Waals surface area contributed by atoms with E-state index in [2.05, 4.69) is 22.0 Å². The highest BCUT2D eigenvalue weighted by Crippen LogP contribution is 2.40. The van der Waals surface area contributed by atoms with Gasteiger partial charge in [0.2, 0.25) is 0 Å². The lowest BCUT2D eigenvalue weighted by Gasteiger charge is -2.21. The first-order chi connectivity index (χ1) is 9.67. The number of benzene rings is 1. The van der Waals surface area contributed by atoms with Gasteiger partial charge in [-0.05, 0) is 60.2 Å². The van der Waals surface area contributed by atoms with Gasteiger partial charge in [-0.1, -0.05) is 11.6 Å².